The lowest BCUT2D eigenvalue weighted by atomic mass is 10.1. The van der Waals surface area contributed by atoms with E-state index < -0.39 is 0 Å². The topological polar surface area (TPSA) is 29.1 Å². The highest BCUT2D eigenvalue weighted by molar-refractivity contribution is 9.09. The van der Waals surface area contributed by atoms with Gasteiger partial charge in [0.15, 0.2) is 0 Å². The second-order valence-corrected chi connectivity index (χ2v) is 7.96. The van der Waals surface area contributed by atoms with Crippen molar-refractivity contribution in [3.8, 4) is 0 Å². The Balaban J connectivity index is 1.66. The predicted molar refractivity (Wildman–Crippen MR) is 83.4 cm³/mol. The summed E-state index contributed by atoms with van der Waals surface area (Å²) in [4.78, 5) is 15.1. The highest BCUT2D eigenvalue weighted by Crippen LogP contribution is 2.31. The van der Waals surface area contributed by atoms with E-state index in [9.17, 15) is 4.79 Å². The first-order valence-electron chi connectivity index (χ1n) is 7.30. The van der Waals surface area contributed by atoms with E-state index in [2.05, 4.69) is 27.3 Å². The number of fused-ring (bicyclic) bond motifs is 1. The van der Waals surface area contributed by atoms with Crippen LogP contribution in [0.1, 0.15) is 58.6 Å². The summed E-state index contributed by atoms with van der Waals surface area (Å²) in [7, 11) is 0. The van der Waals surface area contributed by atoms with Crippen molar-refractivity contribution in [2.75, 3.05) is 0 Å². The molecule has 4 heteroatoms. The number of hydrogen-bond acceptors (Lipinski definition) is 2. The fraction of sp³-hybridized carbons (Fsp3) is 0.667. The smallest absolute Gasteiger partial charge is 0.261 e. The number of amides is 1. The van der Waals surface area contributed by atoms with Gasteiger partial charge in [0.05, 0.1) is 4.88 Å². The molecule has 2 atom stereocenters. The van der Waals surface area contributed by atoms with Gasteiger partial charge in [-0.3, -0.25) is 4.79 Å². The maximum Gasteiger partial charge on any atom is 0.261 e. The van der Waals surface area contributed by atoms with Gasteiger partial charge in [-0.25, -0.2) is 0 Å². The van der Waals surface area contributed by atoms with Crippen LogP contribution in [-0.2, 0) is 12.8 Å². The zero-order valence-corrected chi connectivity index (χ0v) is 13.5. The van der Waals surface area contributed by atoms with Gasteiger partial charge in [-0.2, -0.15) is 0 Å². The molecule has 2 unspecified atom stereocenters. The lowest BCUT2D eigenvalue weighted by Crippen LogP contribution is -2.40. The summed E-state index contributed by atoms with van der Waals surface area (Å²) in [5.74, 6) is 0.135. The molecule has 0 bridgehead atoms. The van der Waals surface area contributed by atoms with Crippen LogP contribution in [0.25, 0.3) is 0 Å². The summed E-state index contributed by atoms with van der Waals surface area (Å²) in [6, 6.07) is 2.41. The lowest BCUT2D eigenvalue weighted by molar-refractivity contribution is 0.0939. The van der Waals surface area contributed by atoms with Crippen LogP contribution in [0.5, 0.6) is 0 Å². The van der Waals surface area contributed by atoms with Gasteiger partial charge in [0.1, 0.15) is 0 Å². The van der Waals surface area contributed by atoms with Gasteiger partial charge in [-0.05, 0) is 43.7 Å². The summed E-state index contributed by atoms with van der Waals surface area (Å²) in [5, 5.41) is 3.24. The Morgan fingerprint density at radius 2 is 2.05 bits per heavy atom. The first kappa shape index (κ1) is 13.6. The van der Waals surface area contributed by atoms with Crippen molar-refractivity contribution in [1.82, 2.24) is 5.32 Å². The first-order chi connectivity index (χ1) is 9.24. The van der Waals surface area contributed by atoms with E-state index >= 15 is 0 Å². The molecule has 19 heavy (non-hydrogen) atoms. The number of carbonyl (C=O) groups is 1. The molecule has 1 aromatic rings. The minimum Gasteiger partial charge on any atom is -0.347 e. The average Bonchev–Trinajstić information content (AvgIpc) is 2.91. The SMILES string of the molecule is O=C(NC1CCCCCC1Br)c1cc2c(s1)CCC2. The van der Waals surface area contributed by atoms with Crippen LogP contribution in [0.4, 0.5) is 0 Å². The number of nitrogens with one attached hydrogen (secondary N) is 1. The van der Waals surface area contributed by atoms with Crippen molar-refractivity contribution in [2.45, 2.75) is 62.2 Å². The van der Waals surface area contributed by atoms with E-state index in [0.717, 1.165) is 24.1 Å². The molecule has 0 radical (unpaired) electrons. The summed E-state index contributed by atoms with van der Waals surface area (Å²) < 4.78 is 0. The zero-order valence-electron chi connectivity index (χ0n) is 11.1. The molecule has 104 valence electrons. The van der Waals surface area contributed by atoms with Crippen LogP contribution >= 0.6 is 27.3 Å². The number of alkyl halides is 1. The summed E-state index contributed by atoms with van der Waals surface area (Å²) in [6.07, 6.45) is 9.65. The average molecular weight is 342 g/mol. The highest BCUT2D eigenvalue weighted by atomic mass is 79.9. The fourth-order valence-corrected chi connectivity index (χ4v) is 4.98. The van der Waals surface area contributed by atoms with Crippen molar-refractivity contribution in [3.63, 3.8) is 0 Å². The second-order valence-electron chi connectivity index (χ2n) is 5.65. The monoisotopic (exact) mass is 341 g/mol. The molecular formula is C15H20BrNOS. The zero-order chi connectivity index (χ0) is 13.2. The number of rotatable bonds is 2. The molecule has 1 amide bonds. The van der Waals surface area contributed by atoms with Crippen LogP contribution in [0.2, 0.25) is 0 Å². The number of halogens is 1. The van der Waals surface area contributed by atoms with Gasteiger partial charge in [-0.1, -0.05) is 35.2 Å². The Hall–Kier alpha value is -0.350. The first-order valence-corrected chi connectivity index (χ1v) is 9.04. The molecule has 0 saturated heterocycles. The van der Waals surface area contributed by atoms with E-state index in [1.165, 1.54) is 42.5 Å². The molecule has 2 nitrogen and oxygen atoms in total. The third kappa shape index (κ3) is 3.05. The standard InChI is InChI=1S/C15H20BrNOS/c16-11-6-2-1-3-7-12(11)17-15(18)14-9-10-5-4-8-13(10)19-14/h9,11-12H,1-8H2,(H,17,18). The predicted octanol–water partition coefficient (Wildman–Crippen LogP) is 4.06. The van der Waals surface area contributed by atoms with E-state index in [4.69, 9.17) is 0 Å². The summed E-state index contributed by atoms with van der Waals surface area (Å²) >= 11 is 5.44. The van der Waals surface area contributed by atoms with Gasteiger partial charge < -0.3 is 5.32 Å². The van der Waals surface area contributed by atoms with Gasteiger partial charge in [-0.15, -0.1) is 11.3 Å². The molecule has 3 rings (SSSR count). The quantitative estimate of drug-likeness (QED) is 0.637. The van der Waals surface area contributed by atoms with Crippen LogP contribution in [0.15, 0.2) is 6.07 Å². The molecule has 1 fully saturated rings. The Bertz CT molecular complexity index is 449. The lowest BCUT2D eigenvalue weighted by Gasteiger charge is -2.21. The Morgan fingerprint density at radius 1 is 1.21 bits per heavy atom. The molecule has 0 spiro atoms. The molecule has 2 aliphatic carbocycles. The highest BCUT2D eigenvalue weighted by Gasteiger charge is 2.25. The van der Waals surface area contributed by atoms with Gasteiger partial charge in [0, 0.05) is 15.7 Å². The van der Waals surface area contributed by atoms with E-state index in [0.29, 0.717) is 10.9 Å². The minimum atomic E-state index is 0.135. The maximum absolute atomic E-state index is 12.4. The van der Waals surface area contributed by atoms with Gasteiger partial charge >= 0.3 is 0 Å². The van der Waals surface area contributed by atoms with Gasteiger partial charge in [0.25, 0.3) is 5.91 Å². The number of carbonyl (C=O) groups excluding carboxylic acids is 1. The fourth-order valence-electron chi connectivity index (χ4n) is 3.11. The Morgan fingerprint density at radius 3 is 2.89 bits per heavy atom. The Labute approximate surface area is 127 Å². The molecule has 0 aromatic carbocycles. The van der Waals surface area contributed by atoms with Crippen molar-refractivity contribution in [1.29, 1.82) is 0 Å². The summed E-state index contributed by atoms with van der Waals surface area (Å²) in [5.41, 5.74) is 1.41. The molecular weight excluding hydrogens is 322 g/mol. The molecule has 1 heterocycles. The maximum atomic E-state index is 12.4. The molecule has 1 N–H and O–H groups in total. The van der Waals surface area contributed by atoms with E-state index in [1.807, 2.05) is 0 Å². The van der Waals surface area contributed by atoms with E-state index in [-0.39, 0.29) is 5.91 Å². The van der Waals surface area contributed by atoms with Crippen molar-refractivity contribution in [3.05, 3.63) is 21.4 Å². The molecule has 2 aliphatic rings. The van der Waals surface area contributed by atoms with Gasteiger partial charge in [0.2, 0.25) is 0 Å². The minimum absolute atomic E-state index is 0.135. The van der Waals surface area contributed by atoms with E-state index in [1.54, 1.807) is 11.3 Å². The van der Waals surface area contributed by atoms with Crippen molar-refractivity contribution >= 4 is 33.2 Å². The third-order valence-corrected chi connectivity index (χ3v) is 6.55. The van der Waals surface area contributed by atoms with Crippen LogP contribution < -0.4 is 5.32 Å². The molecule has 1 saturated carbocycles. The van der Waals surface area contributed by atoms with Crippen molar-refractivity contribution in [2.24, 2.45) is 0 Å². The molecule has 1 aromatic heterocycles. The Kier molecular flexibility index (Phi) is 4.27. The normalized spacial score (nSPS) is 26.8. The largest absolute Gasteiger partial charge is 0.347 e. The number of thiophene rings is 1. The van der Waals surface area contributed by atoms with Crippen LogP contribution in [-0.4, -0.2) is 16.8 Å². The summed E-state index contributed by atoms with van der Waals surface area (Å²) in [6.45, 7) is 0. The number of aryl methyl sites for hydroxylation is 2. The van der Waals surface area contributed by atoms with Crippen molar-refractivity contribution < 1.29 is 4.79 Å². The van der Waals surface area contributed by atoms with Crippen LogP contribution in [0.3, 0.4) is 0 Å². The second kappa shape index (κ2) is 5.96. The van der Waals surface area contributed by atoms with Crippen LogP contribution in [0, 0.1) is 0 Å². The third-order valence-electron chi connectivity index (χ3n) is 4.22. The molecule has 0 aliphatic heterocycles. The number of hydrogen-bond donors (Lipinski definition) is 1.